The van der Waals surface area contributed by atoms with Crippen molar-refractivity contribution in [2.24, 2.45) is 4.99 Å². The minimum atomic E-state index is -0.583. The van der Waals surface area contributed by atoms with Crippen molar-refractivity contribution in [1.82, 2.24) is 0 Å². The second-order valence-electron chi connectivity index (χ2n) is 3.99. The summed E-state index contributed by atoms with van der Waals surface area (Å²) in [4.78, 5) is 15.0. The van der Waals surface area contributed by atoms with Crippen LogP contribution in [-0.2, 0) is 4.79 Å². The van der Waals surface area contributed by atoms with E-state index in [0.29, 0.717) is 5.69 Å². The number of halogens is 2. The number of carbonyl (C=O) groups is 1. The number of para-hydroxylation sites is 2. The van der Waals surface area contributed by atoms with Crippen molar-refractivity contribution in [3.63, 3.8) is 0 Å². The summed E-state index contributed by atoms with van der Waals surface area (Å²) in [5.74, 6) is -1.36. The maximum Gasteiger partial charge on any atom is 0.308 e. The highest BCUT2D eigenvalue weighted by molar-refractivity contribution is 5.83. The van der Waals surface area contributed by atoms with E-state index in [1.54, 1.807) is 24.3 Å². The highest BCUT2D eigenvalue weighted by Gasteiger charge is 2.05. The van der Waals surface area contributed by atoms with Gasteiger partial charge in [-0.25, -0.2) is 8.78 Å². The van der Waals surface area contributed by atoms with Gasteiger partial charge in [-0.2, -0.15) is 0 Å². The maximum atomic E-state index is 13.4. The minimum absolute atomic E-state index is 0.0163. The minimum Gasteiger partial charge on any atom is -0.424 e. The Kier molecular flexibility index (Phi) is 4.20. The second kappa shape index (κ2) is 6.06. The summed E-state index contributed by atoms with van der Waals surface area (Å²) in [7, 11) is 0. The van der Waals surface area contributed by atoms with Gasteiger partial charge in [-0.3, -0.25) is 9.79 Å². The van der Waals surface area contributed by atoms with Crippen LogP contribution in [0.1, 0.15) is 12.5 Å². The first-order valence-corrected chi connectivity index (χ1v) is 5.83. The summed E-state index contributed by atoms with van der Waals surface area (Å²) in [5.41, 5.74) is 0.369. The molecule has 0 amide bonds. The van der Waals surface area contributed by atoms with E-state index in [0.717, 1.165) is 18.2 Å². The molecular weight excluding hydrogens is 264 g/mol. The highest BCUT2D eigenvalue weighted by atomic mass is 19.1. The third-order valence-corrected chi connectivity index (χ3v) is 2.42. The summed E-state index contributed by atoms with van der Waals surface area (Å²) >= 11 is 0. The Hall–Kier alpha value is -2.56. The Labute approximate surface area is 114 Å². The van der Waals surface area contributed by atoms with Gasteiger partial charge in [-0.15, -0.1) is 0 Å². The summed E-state index contributed by atoms with van der Waals surface area (Å²) in [5, 5.41) is 0. The van der Waals surface area contributed by atoms with Crippen LogP contribution < -0.4 is 4.74 Å². The summed E-state index contributed by atoms with van der Waals surface area (Å²) < 4.78 is 31.4. The van der Waals surface area contributed by atoms with E-state index in [-0.39, 0.29) is 11.3 Å². The molecule has 0 aliphatic rings. The van der Waals surface area contributed by atoms with Gasteiger partial charge >= 0.3 is 5.97 Å². The van der Waals surface area contributed by atoms with E-state index in [2.05, 4.69) is 4.99 Å². The molecule has 20 heavy (non-hydrogen) atoms. The van der Waals surface area contributed by atoms with Crippen LogP contribution in [-0.4, -0.2) is 12.2 Å². The number of aliphatic imine (C=N–C) groups is 1. The smallest absolute Gasteiger partial charge is 0.308 e. The number of hydrogen-bond donors (Lipinski definition) is 0. The Bertz CT molecular complexity index is 669. The van der Waals surface area contributed by atoms with Crippen molar-refractivity contribution in [2.45, 2.75) is 6.92 Å². The van der Waals surface area contributed by atoms with Crippen molar-refractivity contribution in [3.05, 3.63) is 59.7 Å². The molecule has 0 aromatic heterocycles. The number of carbonyl (C=O) groups excluding carboxylic acids is 1. The highest BCUT2D eigenvalue weighted by Crippen LogP contribution is 2.27. The zero-order valence-corrected chi connectivity index (χ0v) is 10.6. The molecular formula is C15H11F2NO2. The first kappa shape index (κ1) is 13.9. The van der Waals surface area contributed by atoms with Crippen LogP contribution in [0.2, 0.25) is 0 Å². The molecule has 2 aromatic carbocycles. The second-order valence-corrected chi connectivity index (χ2v) is 3.99. The number of nitrogens with zero attached hydrogens (tertiary/aromatic N) is 1. The summed E-state index contributed by atoms with van der Waals surface area (Å²) in [6.45, 7) is 1.27. The molecule has 0 N–H and O–H groups in total. The third kappa shape index (κ3) is 3.47. The summed E-state index contributed by atoms with van der Waals surface area (Å²) in [6.07, 6.45) is 1.18. The number of rotatable bonds is 3. The zero-order valence-electron chi connectivity index (χ0n) is 10.6. The predicted octanol–water partition coefficient (Wildman–Crippen LogP) is 3.64. The van der Waals surface area contributed by atoms with Gasteiger partial charge in [0, 0.05) is 18.7 Å². The van der Waals surface area contributed by atoms with Crippen LogP contribution in [0, 0.1) is 11.6 Å². The number of benzene rings is 2. The first-order chi connectivity index (χ1) is 9.56. The van der Waals surface area contributed by atoms with Crippen LogP contribution in [0.5, 0.6) is 5.75 Å². The molecule has 0 saturated heterocycles. The molecule has 0 fully saturated rings. The Morgan fingerprint density at radius 3 is 2.70 bits per heavy atom. The van der Waals surface area contributed by atoms with Gasteiger partial charge in [0.2, 0.25) is 0 Å². The molecule has 102 valence electrons. The third-order valence-electron chi connectivity index (χ3n) is 2.42. The van der Waals surface area contributed by atoms with E-state index >= 15 is 0 Å². The van der Waals surface area contributed by atoms with Crippen LogP contribution in [0.25, 0.3) is 0 Å². The predicted molar refractivity (Wildman–Crippen MR) is 71.4 cm³/mol. The van der Waals surface area contributed by atoms with Crippen molar-refractivity contribution in [3.8, 4) is 5.75 Å². The van der Waals surface area contributed by atoms with Gasteiger partial charge in [-0.1, -0.05) is 12.1 Å². The molecule has 2 rings (SSSR count). The van der Waals surface area contributed by atoms with E-state index in [1.165, 1.54) is 13.1 Å². The molecule has 0 unspecified atom stereocenters. The van der Waals surface area contributed by atoms with Crippen LogP contribution >= 0.6 is 0 Å². The van der Waals surface area contributed by atoms with E-state index in [1.807, 2.05) is 0 Å². The number of hydrogen-bond acceptors (Lipinski definition) is 3. The first-order valence-electron chi connectivity index (χ1n) is 5.83. The molecule has 0 radical (unpaired) electrons. The van der Waals surface area contributed by atoms with Crippen molar-refractivity contribution in [2.75, 3.05) is 0 Å². The Morgan fingerprint density at radius 2 is 1.95 bits per heavy atom. The lowest BCUT2D eigenvalue weighted by atomic mass is 10.2. The molecule has 2 aromatic rings. The Morgan fingerprint density at radius 1 is 1.20 bits per heavy atom. The normalized spacial score (nSPS) is 10.8. The van der Waals surface area contributed by atoms with Crippen molar-refractivity contribution < 1.29 is 18.3 Å². The molecule has 0 spiro atoms. The molecule has 0 aliphatic heterocycles. The molecule has 0 bridgehead atoms. The average Bonchev–Trinajstić information content (AvgIpc) is 2.41. The summed E-state index contributed by atoms with van der Waals surface area (Å²) in [6, 6.07) is 9.63. The largest absolute Gasteiger partial charge is 0.424 e. The molecule has 0 heterocycles. The standard InChI is InChI=1S/C15H11F2NO2/c1-10(19)20-15-5-3-2-4-14(15)18-9-11-8-12(16)6-7-13(11)17/h2-9H,1H3. The molecule has 5 heteroatoms. The topological polar surface area (TPSA) is 38.7 Å². The van der Waals surface area contributed by atoms with Gasteiger partial charge in [-0.05, 0) is 30.3 Å². The van der Waals surface area contributed by atoms with Crippen molar-refractivity contribution >= 4 is 17.9 Å². The van der Waals surface area contributed by atoms with E-state index < -0.39 is 17.6 Å². The fourth-order valence-electron chi connectivity index (χ4n) is 1.56. The monoisotopic (exact) mass is 275 g/mol. The van der Waals surface area contributed by atoms with Gasteiger partial charge in [0.25, 0.3) is 0 Å². The van der Waals surface area contributed by atoms with E-state index in [9.17, 15) is 13.6 Å². The lowest BCUT2D eigenvalue weighted by Gasteiger charge is -2.04. The zero-order chi connectivity index (χ0) is 14.5. The molecule has 0 atom stereocenters. The molecule has 3 nitrogen and oxygen atoms in total. The van der Waals surface area contributed by atoms with E-state index in [4.69, 9.17) is 4.74 Å². The number of ether oxygens (including phenoxy) is 1. The van der Waals surface area contributed by atoms with Crippen molar-refractivity contribution in [1.29, 1.82) is 0 Å². The Balaban J connectivity index is 2.31. The lowest BCUT2D eigenvalue weighted by Crippen LogP contribution is -2.01. The van der Waals surface area contributed by atoms with Gasteiger partial charge in [0.1, 0.15) is 17.3 Å². The average molecular weight is 275 g/mol. The number of esters is 1. The van der Waals surface area contributed by atoms with Crippen LogP contribution in [0.15, 0.2) is 47.5 Å². The molecule has 0 aliphatic carbocycles. The van der Waals surface area contributed by atoms with Gasteiger partial charge in [0.15, 0.2) is 5.75 Å². The quantitative estimate of drug-likeness (QED) is 0.487. The lowest BCUT2D eigenvalue weighted by molar-refractivity contribution is -0.131. The van der Waals surface area contributed by atoms with Crippen LogP contribution in [0.4, 0.5) is 14.5 Å². The fourth-order valence-corrected chi connectivity index (χ4v) is 1.56. The maximum absolute atomic E-state index is 13.4. The fraction of sp³-hybridized carbons (Fsp3) is 0.0667. The van der Waals surface area contributed by atoms with Crippen LogP contribution in [0.3, 0.4) is 0 Å². The van der Waals surface area contributed by atoms with Gasteiger partial charge < -0.3 is 4.74 Å². The van der Waals surface area contributed by atoms with Gasteiger partial charge in [0.05, 0.1) is 0 Å². The SMILES string of the molecule is CC(=O)Oc1ccccc1N=Cc1cc(F)ccc1F. The molecule has 0 saturated carbocycles.